The fraction of sp³-hybridized carbons (Fsp3) is 0.222. The van der Waals surface area contributed by atoms with E-state index in [4.69, 9.17) is 21.7 Å². The van der Waals surface area contributed by atoms with Gasteiger partial charge in [-0.05, 0) is 67.0 Å². The summed E-state index contributed by atoms with van der Waals surface area (Å²) in [4.78, 5) is 0. The van der Waals surface area contributed by atoms with Crippen LogP contribution in [0.25, 0.3) is 0 Å². The van der Waals surface area contributed by atoms with Crippen molar-refractivity contribution in [2.75, 3.05) is 19.5 Å². The molecule has 0 fully saturated rings. The summed E-state index contributed by atoms with van der Waals surface area (Å²) in [6.07, 6.45) is 1.67. The van der Waals surface area contributed by atoms with Crippen molar-refractivity contribution in [3.8, 4) is 11.5 Å². The first-order valence-electron chi connectivity index (χ1n) is 7.43. The molecule has 0 bridgehead atoms. The number of nitrogens with zero attached hydrogens (tertiary/aromatic N) is 1. The minimum Gasteiger partial charge on any atom is -0.493 e. The van der Waals surface area contributed by atoms with Gasteiger partial charge in [0.05, 0.1) is 20.4 Å². The molecule has 126 valence electrons. The van der Waals surface area contributed by atoms with Crippen molar-refractivity contribution in [3.05, 3.63) is 53.1 Å². The third kappa shape index (κ3) is 4.45. The minimum atomic E-state index is 0.431. The van der Waals surface area contributed by atoms with E-state index in [9.17, 15) is 0 Å². The van der Waals surface area contributed by atoms with Gasteiger partial charge in [0.15, 0.2) is 16.6 Å². The van der Waals surface area contributed by atoms with E-state index in [-0.39, 0.29) is 0 Å². The number of hydrogen-bond donors (Lipinski definition) is 2. The molecule has 0 aliphatic carbocycles. The zero-order valence-corrected chi connectivity index (χ0v) is 15.0. The lowest BCUT2D eigenvalue weighted by Gasteiger charge is -2.11. The number of anilines is 1. The molecule has 5 nitrogen and oxygen atoms in total. The third-order valence-electron chi connectivity index (χ3n) is 3.64. The maximum atomic E-state index is 5.26. The van der Waals surface area contributed by atoms with Crippen molar-refractivity contribution in [1.82, 2.24) is 5.43 Å². The molecular formula is C18H21N3O2S. The van der Waals surface area contributed by atoms with E-state index in [1.165, 1.54) is 5.56 Å². The van der Waals surface area contributed by atoms with Crippen molar-refractivity contribution in [2.45, 2.75) is 13.8 Å². The predicted octanol–water partition coefficient (Wildman–Crippen LogP) is 3.64. The number of ether oxygens (including phenoxy) is 2. The Morgan fingerprint density at radius 1 is 1.08 bits per heavy atom. The fourth-order valence-corrected chi connectivity index (χ4v) is 2.30. The number of hydrazone groups is 1. The quantitative estimate of drug-likeness (QED) is 0.493. The molecule has 0 unspecified atom stereocenters. The first-order chi connectivity index (χ1) is 11.5. The van der Waals surface area contributed by atoms with Gasteiger partial charge in [0.25, 0.3) is 0 Å². The highest BCUT2D eigenvalue weighted by Gasteiger charge is 2.04. The van der Waals surface area contributed by atoms with Crippen LogP contribution >= 0.6 is 12.2 Å². The Hall–Kier alpha value is -2.60. The Balaban J connectivity index is 1.98. The summed E-state index contributed by atoms with van der Waals surface area (Å²) in [5.74, 6) is 1.33. The number of hydrogen-bond acceptors (Lipinski definition) is 4. The Kier molecular flexibility index (Phi) is 6.14. The summed E-state index contributed by atoms with van der Waals surface area (Å²) in [5, 5.41) is 7.72. The van der Waals surface area contributed by atoms with E-state index in [0.717, 1.165) is 16.8 Å². The summed E-state index contributed by atoms with van der Waals surface area (Å²) < 4.78 is 10.5. The summed E-state index contributed by atoms with van der Waals surface area (Å²) in [6, 6.07) is 11.6. The van der Waals surface area contributed by atoms with E-state index in [0.29, 0.717) is 16.6 Å². The number of methoxy groups -OCH3 is 2. The first kappa shape index (κ1) is 17.7. The second-order valence-corrected chi connectivity index (χ2v) is 5.59. The second-order valence-electron chi connectivity index (χ2n) is 5.19. The lowest BCUT2D eigenvalue weighted by molar-refractivity contribution is 0.355. The van der Waals surface area contributed by atoms with Crippen molar-refractivity contribution in [1.29, 1.82) is 0 Å². The van der Waals surface area contributed by atoms with Crippen LogP contribution in [0, 0.1) is 13.8 Å². The van der Waals surface area contributed by atoms with Gasteiger partial charge in [0.2, 0.25) is 0 Å². The SMILES string of the molecule is COc1ccc(/C=N/NC(=S)Nc2cccc(C)c2C)cc1OC. The van der Waals surface area contributed by atoms with E-state index in [2.05, 4.69) is 28.8 Å². The molecule has 0 spiro atoms. The van der Waals surface area contributed by atoms with Gasteiger partial charge in [-0.2, -0.15) is 5.10 Å². The van der Waals surface area contributed by atoms with E-state index < -0.39 is 0 Å². The topological polar surface area (TPSA) is 54.9 Å². The van der Waals surface area contributed by atoms with Gasteiger partial charge < -0.3 is 14.8 Å². The summed E-state index contributed by atoms with van der Waals surface area (Å²) in [5.41, 5.74) is 7.01. The maximum Gasteiger partial charge on any atom is 0.191 e. The van der Waals surface area contributed by atoms with Crippen LogP contribution in [0.1, 0.15) is 16.7 Å². The highest BCUT2D eigenvalue weighted by molar-refractivity contribution is 7.80. The lowest BCUT2D eigenvalue weighted by atomic mass is 10.1. The van der Waals surface area contributed by atoms with Gasteiger partial charge in [-0.1, -0.05) is 12.1 Å². The molecule has 0 radical (unpaired) electrons. The number of benzene rings is 2. The van der Waals surface area contributed by atoms with Gasteiger partial charge in [0, 0.05) is 5.69 Å². The molecule has 2 N–H and O–H groups in total. The molecule has 0 aliphatic rings. The molecule has 0 aromatic heterocycles. The molecule has 0 atom stereocenters. The second kappa shape index (κ2) is 8.31. The normalized spacial score (nSPS) is 10.5. The van der Waals surface area contributed by atoms with Gasteiger partial charge >= 0.3 is 0 Å². The molecule has 2 aromatic rings. The summed E-state index contributed by atoms with van der Waals surface area (Å²) in [6.45, 7) is 4.11. The first-order valence-corrected chi connectivity index (χ1v) is 7.84. The zero-order chi connectivity index (χ0) is 17.5. The van der Waals surface area contributed by atoms with Crippen LogP contribution in [0.3, 0.4) is 0 Å². The predicted molar refractivity (Wildman–Crippen MR) is 102 cm³/mol. The van der Waals surface area contributed by atoms with Crippen LogP contribution in [-0.2, 0) is 0 Å². The molecule has 6 heteroatoms. The van der Waals surface area contributed by atoms with Crippen molar-refractivity contribution >= 4 is 29.2 Å². The fourth-order valence-electron chi connectivity index (χ4n) is 2.14. The Bertz CT molecular complexity index is 760. The summed E-state index contributed by atoms with van der Waals surface area (Å²) in [7, 11) is 3.20. The zero-order valence-electron chi connectivity index (χ0n) is 14.2. The van der Waals surface area contributed by atoms with Gasteiger partial charge in [-0.3, -0.25) is 5.43 Å². The Morgan fingerprint density at radius 3 is 2.54 bits per heavy atom. The molecule has 2 rings (SSSR count). The van der Waals surface area contributed by atoms with Crippen LogP contribution < -0.4 is 20.2 Å². The Morgan fingerprint density at radius 2 is 1.83 bits per heavy atom. The van der Waals surface area contributed by atoms with E-state index in [1.54, 1.807) is 20.4 Å². The molecule has 0 saturated carbocycles. The van der Waals surface area contributed by atoms with Crippen molar-refractivity contribution < 1.29 is 9.47 Å². The number of rotatable bonds is 5. The van der Waals surface area contributed by atoms with Gasteiger partial charge in [-0.25, -0.2) is 0 Å². The van der Waals surface area contributed by atoms with Gasteiger partial charge in [-0.15, -0.1) is 0 Å². The van der Waals surface area contributed by atoms with E-state index in [1.807, 2.05) is 37.3 Å². The van der Waals surface area contributed by atoms with Gasteiger partial charge in [0.1, 0.15) is 0 Å². The molecule has 2 aromatic carbocycles. The number of nitrogens with one attached hydrogen (secondary N) is 2. The van der Waals surface area contributed by atoms with Crippen LogP contribution in [-0.4, -0.2) is 25.5 Å². The molecule has 24 heavy (non-hydrogen) atoms. The summed E-state index contributed by atoms with van der Waals surface area (Å²) >= 11 is 5.26. The highest BCUT2D eigenvalue weighted by atomic mass is 32.1. The molecular weight excluding hydrogens is 322 g/mol. The minimum absolute atomic E-state index is 0.431. The monoisotopic (exact) mass is 343 g/mol. The smallest absolute Gasteiger partial charge is 0.191 e. The average molecular weight is 343 g/mol. The van der Waals surface area contributed by atoms with Crippen LogP contribution in [0.2, 0.25) is 0 Å². The number of thiocarbonyl (C=S) groups is 1. The maximum absolute atomic E-state index is 5.26. The third-order valence-corrected chi connectivity index (χ3v) is 3.83. The van der Waals surface area contributed by atoms with Crippen molar-refractivity contribution in [3.63, 3.8) is 0 Å². The van der Waals surface area contributed by atoms with Crippen LogP contribution in [0.5, 0.6) is 11.5 Å². The Labute approximate surface area is 147 Å². The highest BCUT2D eigenvalue weighted by Crippen LogP contribution is 2.26. The molecule has 0 amide bonds. The molecule has 0 heterocycles. The van der Waals surface area contributed by atoms with Crippen LogP contribution in [0.15, 0.2) is 41.5 Å². The number of aryl methyl sites for hydroxylation is 1. The lowest BCUT2D eigenvalue weighted by Crippen LogP contribution is -2.24. The molecule has 0 saturated heterocycles. The largest absolute Gasteiger partial charge is 0.493 e. The average Bonchev–Trinajstić information content (AvgIpc) is 2.58. The van der Waals surface area contributed by atoms with E-state index >= 15 is 0 Å². The molecule has 0 aliphatic heterocycles. The van der Waals surface area contributed by atoms with Crippen molar-refractivity contribution in [2.24, 2.45) is 5.10 Å². The standard InChI is InChI=1S/C18H21N3O2S/c1-12-6-5-7-15(13(12)2)20-18(24)21-19-11-14-8-9-16(22-3)17(10-14)23-4/h5-11H,1-4H3,(H2,20,21,24)/b19-11+. The van der Waals surface area contributed by atoms with Crippen LogP contribution in [0.4, 0.5) is 5.69 Å².